The molecule has 0 unspecified atom stereocenters. The number of hydrogen-bond acceptors (Lipinski definition) is 3. The van der Waals surface area contributed by atoms with E-state index in [0.717, 1.165) is 0 Å². The van der Waals surface area contributed by atoms with Crippen molar-refractivity contribution >= 4 is 5.97 Å². The second-order valence-corrected chi connectivity index (χ2v) is 3.45. The second kappa shape index (κ2) is 10.2. The first-order chi connectivity index (χ1) is 7.76. The number of hydrogen-bond donors (Lipinski definition) is 1. The zero-order valence-corrected chi connectivity index (χ0v) is 9.98. The predicted octanol–water partition coefficient (Wildman–Crippen LogP) is 3.90. The van der Waals surface area contributed by atoms with Crippen LogP contribution in [0.2, 0.25) is 0 Å². The van der Waals surface area contributed by atoms with Crippen LogP contribution in [0.5, 0.6) is 0 Å². The highest BCUT2D eigenvalue weighted by Gasteiger charge is 2.02. The standard InChI is InChI=1S/C7H6O3.C6H14/c8-7(10-9)6-4-2-1-3-5-6;1-3-5-6-4-2/h1-5,9H;3-6H2,1-2H3. The third kappa shape index (κ3) is 7.01. The summed E-state index contributed by atoms with van der Waals surface area (Å²) in [5.41, 5.74) is 0.338. The van der Waals surface area contributed by atoms with Gasteiger partial charge in [-0.05, 0) is 12.1 Å². The summed E-state index contributed by atoms with van der Waals surface area (Å²) in [6.45, 7) is 4.46. The van der Waals surface area contributed by atoms with Crippen LogP contribution in [0, 0.1) is 0 Å². The summed E-state index contributed by atoms with van der Waals surface area (Å²) in [6.07, 6.45) is 5.54. The van der Waals surface area contributed by atoms with Crippen molar-refractivity contribution in [1.29, 1.82) is 0 Å². The van der Waals surface area contributed by atoms with Gasteiger partial charge in [-0.2, -0.15) is 5.26 Å². The Hall–Kier alpha value is -1.35. The first kappa shape index (κ1) is 14.6. The molecule has 0 fully saturated rings. The molecule has 0 aromatic heterocycles. The molecule has 0 aliphatic heterocycles. The summed E-state index contributed by atoms with van der Waals surface area (Å²) >= 11 is 0. The van der Waals surface area contributed by atoms with Crippen molar-refractivity contribution in [1.82, 2.24) is 0 Å². The quantitative estimate of drug-likeness (QED) is 0.479. The van der Waals surface area contributed by atoms with Crippen LogP contribution in [0.15, 0.2) is 30.3 Å². The zero-order chi connectivity index (χ0) is 12.2. The molecule has 0 heterocycles. The highest BCUT2D eigenvalue weighted by molar-refractivity contribution is 5.88. The molecule has 0 saturated carbocycles. The fourth-order valence-corrected chi connectivity index (χ4v) is 1.13. The number of carbonyl (C=O) groups excluding carboxylic acids is 1. The van der Waals surface area contributed by atoms with Crippen LogP contribution in [0.3, 0.4) is 0 Å². The number of unbranched alkanes of at least 4 members (excludes halogenated alkanes) is 3. The zero-order valence-electron chi connectivity index (χ0n) is 9.98. The summed E-state index contributed by atoms with van der Waals surface area (Å²) in [6, 6.07) is 8.25. The summed E-state index contributed by atoms with van der Waals surface area (Å²) in [5, 5.41) is 7.94. The van der Waals surface area contributed by atoms with Crippen LogP contribution < -0.4 is 0 Å². The lowest BCUT2D eigenvalue weighted by molar-refractivity contribution is -0.182. The Bertz CT molecular complexity index is 266. The van der Waals surface area contributed by atoms with E-state index in [0.29, 0.717) is 5.56 Å². The van der Waals surface area contributed by atoms with Crippen LogP contribution in [0.1, 0.15) is 49.9 Å². The number of benzene rings is 1. The van der Waals surface area contributed by atoms with E-state index >= 15 is 0 Å². The molecule has 0 radical (unpaired) electrons. The molecule has 0 atom stereocenters. The Balaban J connectivity index is 0.000000325. The summed E-state index contributed by atoms with van der Waals surface area (Å²) in [7, 11) is 0. The third-order valence-electron chi connectivity index (χ3n) is 2.05. The monoisotopic (exact) mass is 224 g/mol. The fourth-order valence-electron chi connectivity index (χ4n) is 1.13. The first-order valence-electron chi connectivity index (χ1n) is 5.67. The molecule has 0 amide bonds. The summed E-state index contributed by atoms with van der Waals surface area (Å²) in [5.74, 6) is -0.736. The Morgan fingerprint density at radius 3 is 2.00 bits per heavy atom. The van der Waals surface area contributed by atoms with Gasteiger partial charge in [-0.3, -0.25) is 4.89 Å². The van der Waals surface area contributed by atoms with Crippen molar-refractivity contribution in [2.24, 2.45) is 0 Å². The van der Waals surface area contributed by atoms with Crippen molar-refractivity contribution in [2.45, 2.75) is 39.5 Å². The van der Waals surface area contributed by atoms with Crippen LogP contribution in [-0.2, 0) is 4.89 Å². The predicted molar refractivity (Wildman–Crippen MR) is 64.3 cm³/mol. The molecule has 16 heavy (non-hydrogen) atoms. The lowest BCUT2D eigenvalue weighted by atomic mass is 10.2. The van der Waals surface area contributed by atoms with Gasteiger partial charge < -0.3 is 0 Å². The van der Waals surface area contributed by atoms with Gasteiger partial charge in [-0.1, -0.05) is 57.7 Å². The van der Waals surface area contributed by atoms with Gasteiger partial charge in [-0.25, -0.2) is 4.79 Å². The fraction of sp³-hybridized carbons (Fsp3) is 0.462. The SMILES string of the molecule is CCCCCC.O=C(OO)c1ccccc1. The average molecular weight is 224 g/mol. The lowest BCUT2D eigenvalue weighted by Crippen LogP contribution is -2.00. The van der Waals surface area contributed by atoms with E-state index in [1.165, 1.54) is 25.7 Å². The second-order valence-electron chi connectivity index (χ2n) is 3.45. The number of carbonyl (C=O) groups is 1. The minimum atomic E-state index is -0.736. The van der Waals surface area contributed by atoms with Gasteiger partial charge in [0.1, 0.15) is 0 Å². The Kier molecular flexibility index (Phi) is 9.32. The van der Waals surface area contributed by atoms with Gasteiger partial charge in [0.05, 0.1) is 5.56 Å². The van der Waals surface area contributed by atoms with E-state index in [1.54, 1.807) is 30.3 Å². The number of rotatable bonds is 4. The Labute approximate surface area is 97.0 Å². The van der Waals surface area contributed by atoms with E-state index in [1.807, 2.05) is 0 Å². The van der Waals surface area contributed by atoms with Crippen molar-refractivity contribution in [3.05, 3.63) is 35.9 Å². The van der Waals surface area contributed by atoms with Gasteiger partial charge >= 0.3 is 5.97 Å². The average Bonchev–Trinajstić information content (AvgIpc) is 2.37. The smallest absolute Gasteiger partial charge is 0.296 e. The molecule has 1 aromatic rings. The molecule has 1 aromatic carbocycles. The molecule has 0 bridgehead atoms. The van der Waals surface area contributed by atoms with Gasteiger partial charge in [-0.15, -0.1) is 0 Å². The van der Waals surface area contributed by atoms with E-state index in [9.17, 15) is 4.79 Å². The minimum Gasteiger partial charge on any atom is -0.296 e. The maximum atomic E-state index is 10.5. The normalized spacial score (nSPS) is 8.94. The molecule has 0 saturated heterocycles. The van der Waals surface area contributed by atoms with Crippen LogP contribution >= 0.6 is 0 Å². The molecule has 0 aliphatic rings. The van der Waals surface area contributed by atoms with Crippen molar-refractivity contribution in [3.63, 3.8) is 0 Å². The third-order valence-corrected chi connectivity index (χ3v) is 2.05. The lowest BCUT2D eigenvalue weighted by Gasteiger charge is -1.92. The molecule has 0 spiro atoms. The maximum absolute atomic E-state index is 10.5. The van der Waals surface area contributed by atoms with Crippen LogP contribution in [0.25, 0.3) is 0 Å². The molecule has 3 nitrogen and oxygen atoms in total. The molecule has 1 rings (SSSR count). The highest BCUT2D eigenvalue weighted by atomic mass is 17.1. The van der Waals surface area contributed by atoms with E-state index < -0.39 is 5.97 Å². The van der Waals surface area contributed by atoms with Gasteiger partial charge in [0, 0.05) is 0 Å². The molecule has 3 heteroatoms. The minimum absolute atomic E-state index is 0.338. The van der Waals surface area contributed by atoms with E-state index in [2.05, 4.69) is 18.7 Å². The Morgan fingerprint density at radius 1 is 1.12 bits per heavy atom. The van der Waals surface area contributed by atoms with Crippen molar-refractivity contribution in [2.75, 3.05) is 0 Å². The Morgan fingerprint density at radius 2 is 1.62 bits per heavy atom. The molecule has 1 N–H and O–H groups in total. The van der Waals surface area contributed by atoms with E-state index in [4.69, 9.17) is 5.26 Å². The maximum Gasteiger partial charge on any atom is 0.372 e. The summed E-state index contributed by atoms with van der Waals surface area (Å²) < 4.78 is 0. The van der Waals surface area contributed by atoms with Crippen LogP contribution in [0.4, 0.5) is 0 Å². The highest BCUT2D eigenvalue weighted by Crippen LogP contribution is 1.98. The van der Waals surface area contributed by atoms with Crippen LogP contribution in [-0.4, -0.2) is 11.2 Å². The van der Waals surface area contributed by atoms with Gasteiger partial charge in [0.15, 0.2) is 0 Å². The summed E-state index contributed by atoms with van der Waals surface area (Å²) in [4.78, 5) is 14.0. The largest absolute Gasteiger partial charge is 0.372 e. The molecule has 90 valence electrons. The molecule has 0 aliphatic carbocycles. The van der Waals surface area contributed by atoms with Gasteiger partial charge in [0.25, 0.3) is 0 Å². The van der Waals surface area contributed by atoms with Crippen molar-refractivity contribution in [3.8, 4) is 0 Å². The molecular weight excluding hydrogens is 204 g/mol. The van der Waals surface area contributed by atoms with Crippen molar-refractivity contribution < 1.29 is 14.9 Å². The van der Waals surface area contributed by atoms with Gasteiger partial charge in [0.2, 0.25) is 0 Å². The van der Waals surface area contributed by atoms with E-state index in [-0.39, 0.29) is 0 Å². The molecular formula is C13H20O3. The topological polar surface area (TPSA) is 46.5 Å². The first-order valence-corrected chi connectivity index (χ1v) is 5.67.